The predicted octanol–water partition coefficient (Wildman–Crippen LogP) is 3.86. The van der Waals surface area contributed by atoms with Crippen molar-refractivity contribution in [3.63, 3.8) is 0 Å². The number of benzene rings is 2. The van der Waals surface area contributed by atoms with Gasteiger partial charge < -0.3 is 35.1 Å². The number of carbonyl (C=O) groups is 2. The molecule has 2 aromatic rings. The SMILES string of the molecule is COc1cc(NC(=O)Nc2ccc(N3CCCC3)c(C(=O)NCC3CCCO3)c2)cc(OC)c1. The Morgan fingerprint density at radius 1 is 0.971 bits per heavy atom. The molecule has 2 aliphatic rings. The lowest BCUT2D eigenvalue weighted by Crippen LogP contribution is -2.33. The fraction of sp³-hybridized carbons (Fsp3) is 0.440. The number of methoxy groups -OCH3 is 2. The molecule has 2 fully saturated rings. The molecule has 0 spiro atoms. The van der Waals surface area contributed by atoms with Crippen molar-refractivity contribution in [3.05, 3.63) is 42.0 Å². The van der Waals surface area contributed by atoms with Crippen LogP contribution in [0.5, 0.6) is 11.5 Å². The van der Waals surface area contributed by atoms with Crippen LogP contribution in [0, 0.1) is 0 Å². The zero-order chi connectivity index (χ0) is 23.9. The van der Waals surface area contributed by atoms with Crippen LogP contribution in [0.3, 0.4) is 0 Å². The molecule has 2 heterocycles. The lowest BCUT2D eigenvalue weighted by Gasteiger charge is -2.22. The van der Waals surface area contributed by atoms with E-state index >= 15 is 0 Å². The Morgan fingerprint density at radius 2 is 1.68 bits per heavy atom. The Balaban J connectivity index is 1.48. The first-order valence-corrected chi connectivity index (χ1v) is 11.7. The standard InChI is InChI=1S/C25H32N4O5/c1-32-20-12-18(13-21(15-20)33-2)28-25(31)27-17-7-8-23(29-9-3-4-10-29)22(14-17)24(30)26-16-19-6-5-11-34-19/h7-8,12-15,19H,3-6,9-11,16H2,1-2H3,(H,26,30)(H2,27,28,31). The van der Waals surface area contributed by atoms with Crippen LogP contribution in [0.15, 0.2) is 36.4 Å². The minimum atomic E-state index is -0.435. The summed E-state index contributed by atoms with van der Waals surface area (Å²) in [6.45, 7) is 3.05. The minimum Gasteiger partial charge on any atom is -0.497 e. The third kappa shape index (κ3) is 5.91. The van der Waals surface area contributed by atoms with Gasteiger partial charge in [0.15, 0.2) is 0 Å². The van der Waals surface area contributed by atoms with Gasteiger partial charge in [-0.25, -0.2) is 4.79 Å². The van der Waals surface area contributed by atoms with Gasteiger partial charge in [-0.2, -0.15) is 0 Å². The minimum absolute atomic E-state index is 0.0612. The number of nitrogens with zero attached hydrogens (tertiary/aromatic N) is 1. The average molecular weight is 469 g/mol. The average Bonchev–Trinajstić information content (AvgIpc) is 3.56. The van der Waals surface area contributed by atoms with Gasteiger partial charge in [0.2, 0.25) is 0 Å². The zero-order valence-corrected chi connectivity index (χ0v) is 19.7. The van der Waals surface area contributed by atoms with E-state index in [0.29, 0.717) is 35.0 Å². The van der Waals surface area contributed by atoms with Gasteiger partial charge in [-0.1, -0.05) is 0 Å². The lowest BCUT2D eigenvalue weighted by atomic mass is 10.1. The van der Waals surface area contributed by atoms with E-state index in [4.69, 9.17) is 14.2 Å². The zero-order valence-electron chi connectivity index (χ0n) is 19.7. The molecule has 0 saturated carbocycles. The Kier molecular flexibility index (Phi) is 7.74. The van der Waals surface area contributed by atoms with Crippen LogP contribution < -0.4 is 30.3 Å². The first-order chi connectivity index (χ1) is 16.6. The highest BCUT2D eigenvalue weighted by Crippen LogP contribution is 2.29. The molecular weight excluding hydrogens is 436 g/mol. The number of amides is 3. The van der Waals surface area contributed by atoms with Gasteiger partial charge in [-0.15, -0.1) is 0 Å². The maximum Gasteiger partial charge on any atom is 0.323 e. The summed E-state index contributed by atoms with van der Waals surface area (Å²) in [6.07, 6.45) is 4.24. The molecule has 34 heavy (non-hydrogen) atoms. The molecule has 2 aromatic carbocycles. The number of nitrogens with one attached hydrogen (secondary N) is 3. The normalized spacial score (nSPS) is 17.4. The molecule has 9 nitrogen and oxygen atoms in total. The van der Waals surface area contributed by atoms with Gasteiger partial charge in [0, 0.05) is 61.5 Å². The third-order valence-electron chi connectivity index (χ3n) is 6.07. The second-order valence-corrected chi connectivity index (χ2v) is 8.45. The molecule has 3 amide bonds. The Morgan fingerprint density at radius 3 is 2.32 bits per heavy atom. The third-order valence-corrected chi connectivity index (χ3v) is 6.07. The molecule has 3 N–H and O–H groups in total. The van der Waals surface area contributed by atoms with E-state index in [1.165, 1.54) is 0 Å². The quantitative estimate of drug-likeness (QED) is 0.544. The Hall–Kier alpha value is -3.46. The molecule has 9 heteroatoms. The van der Waals surface area contributed by atoms with Crippen molar-refractivity contribution >= 4 is 29.0 Å². The summed E-state index contributed by atoms with van der Waals surface area (Å²) >= 11 is 0. The summed E-state index contributed by atoms with van der Waals surface area (Å²) < 4.78 is 16.1. The summed E-state index contributed by atoms with van der Waals surface area (Å²) in [5.74, 6) is 0.962. The monoisotopic (exact) mass is 468 g/mol. The maximum atomic E-state index is 13.1. The van der Waals surface area contributed by atoms with Crippen molar-refractivity contribution in [1.82, 2.24) is 5.32 Å². The molecule has 0 bridgehead atoms. The van der Waals surface area contributed by atoms with Gasteiger partial charge >= 0.3 is 6.03 Å². The number of hydrogen-bond donors (Lipinski definition) is 3. The fourth-order valence-corrected chi connectivity index (χ4v) is 4.31. The van der Waals surface area contributed by atoms with Gasteiger partial charge in [-0.3, -0.25) is 4.79 Å². The second-order valence-electron chi connectivity index (χ2n) is 8.45. The van der Waals surface area contributed by atoms with E-state index in [9.17, 15) is 9.59 Å². The van der Waals surface area contributed by atoms with E-state index in [0.717, 1.165) is 51.1 Å². The largest absolute Gasteiger partial charge is 0.497 e. The molecule has 2 aliphatic heterocycles. The first-order valence-electron chi connectivity index (χ1n) is 11.7. The van der Waals surface area contributed by atoms with Gasteiger partial charge in [0.25, 0.3) is 5.91 Å². The topological polar surface area (TPSA) is 101 Å². The molecule has 182 valence electrons. The summed E-state index contributed by atoms with van der Waals surface area (Å²) in [7, 11) is 3.10. The molecule has 0 aromatic heterocycles. The second kappa shape index (κ2) is 11.1. The highest BCUT2D eigenvalue weighted by molar-refractivity contribution is 6.04. The number of rotatable bonds is 8. The van der Waals surface area contributed by atoms with Crippen LogP contribution in [-0.2, 0) is 4.74 Å². The fourth-order valence-electron chi connectivity index (χ4n) is 4.31. The molecule has 0 radical (unpaired) electrons. The summed E-state index contributed by atoms with van der Waals surface area (Å²) in [5, 5.41) is 8.61. The van der Waals surface area contributed by atoms with Crippen LogP contribution in [0.4, 0.5) is 21.9 Å². The van der Waals surface area contributed by atoms with E-state index in [2.05, 4.69) is 20.9 Å². The lowest BCUT2D eigenvalue weighted by molar-refractivity contribution is 0.0858. The van der Waals surface area contributed by atoms with E-state index in [-0.39, 0.29) is 12.0 Å². The molecular formula is C25H32N4O5. The highest BCUT2D eigenvalue weighted by atomic mass is 16.5. The first kappa shape index (κ1) is 23.7. The summed E-state index contributed by atoms with van der Waals surface area (Å²) in [6, 6.07) is 10.1. The predicted molar refractivity (Wildman–Crippen MR) is 131 cm³/mol. The molecule has 1 atom stereocenters. The van der Waals surface area contributed by atoms with Crippen LogP contribution in [0.25, 0.3) is 0 Å². The number of anilines is 3. The van der Waals surface area contributed by atoms with Crippen molar-refractivity contribution in [1.29, 1.82) is 0 Å². The number of ether oxygens (including phenoxy) is 3. The van der Waals surface area contributed by atoms with E-state index in [1.807, 2.05) is 12.1 Å². The van der Waals surface area contributed by atoms with Crippen LogP contribution in [-0.4, -0.2) is 58.5 Å². The van der Waals surface area contributed by atoms with Crippen LogP contribution >= 0.6 is 0 Å². The number of urea groups is 1. The van der Waals surface area contributed by atoms with Gasteiger partial charge in [0.05, 0.1) is 25.9 Å². The Bertz CT molecular complexity index is 994. The maximum absolute atomic E-state index is 13.1. The van der Waals surface area contributed by atoms with Gasteiger partial charge in [-0.05, 0) is 43.9 Å². The van der Waals surface area contributed by atoms with E-state index in [1.54, 1.807) is 38.5 Å². The van der Waals surface area contributed by atoms with Gasteiger partial charge in [0.1, 0.15) is 11.5 Å². The summed E-state index contributed by atoms with van der Waals surface area (Å²) in [5.41, 5.74) is 2.47. The highest BCUT2D eigenvalue weighted by Gasteiger charge is 2.22. The van der Waals surface area contributed by atoms with Crippen molar-refractivity contribution in [2.24, 2.45) is 0 Å². The smallest absolute Gasteiger partial charge is 0.323 e. The molecule has 2 saturated heterocycles. The molecule has 0 aliphatic carbocycles. The van der Waals surface area contributed by atoms with Crippen molar-refractivity contribution < 1.29 is 23.8 Å². The van der Waals surface area contributed by atoms with E-state index < -0.39 is 6.03 Å². The van der Waals surface area contributed by atoms with Crippen molar-refractivity contribution in [2.75, 3.05) is 56.0 Å². The number of hydrogen-bond acceptors (Lipinski definition) is 6. The molecule has 4 rings (SSSR count). The molecule has 1 unspecified atom stereocenters. The number of carbonyl (C=O) groups excluding carboxylic acids is 2. The summed E-state index contributed by atoms with van der Waals surface area (Å²) in [4.78, 5) is 28.0. The Labute approximate surface area is 199 Å². The van der Waals surface area contributed by atoms with Crippen molar-refractivity contribution in [2.45, 2.75) is 31.8 Å². The van der Waals surface area contributed by atoms with Crippen LogP contribution in [0.2, 0.25) is 0 Å². The van der Waals surface area contributed by atoms with Crippen LogP contribution in [0.1, 0.15) is 36.0 Å². The van der Waals surface area contributed by atoms with Crippen molar-refractivity contribution in [3.8, 4) is 11.5 Å².